The molecule has 160 valence electrons. The van der Waals surface area contributed by atoms with Crippen molar-refractivity contribution in [2.45, 2.75) is 30.8 Å². The minimum atomic E-state index is -0.0145. The maximum Gasteiger partial charge on any atom is 0.262 e. The number of halogens is 1. The summed E-state index contributed by atoms with van der Waals surface area (Å²) in [6, 6.07) is 15.8. The Balaban J connectivity index is 1.57. The van der Waals surface area contributed by atoms with Gasteiger partial charge in [-0.2, -0.15) is 5.10 Å². The van der Waals surface area contributed by atoms with Gasteiger partial charge in [-0.1, -0.05) is 39.8 Å². The first-order valence-corrected chi connectivity index (χ1v) is 11.9. The van der Waals surface area contributed by atoms with Gasteiger partial charge in [0.25, 0.3) is 5.56 Å². The number of nitrogens with zero attached hydrogens (tertiary/aromatic N) is 4. The second-order valence-electron chi connectivity index (χ2n) is 6.97. The van der Waals surface area contributed by atoms with E-state index in [-0.39, 0.29) is 5.56 Å². The van der Waals surface area contributed by atoms with Crippen LogP contribution in [-0.4, -0.2) is 32.5 Å². The van der Waals surface area contributed by atoms with Gasteiger partial charge in [0.1, 0.15) is 0 Å². The fourth-order valence-electron chi connectivity index (χ4n) is 3.26. The maximum atomic E-state index is 13.2. The van der Waals surface area contributed by atoms with Crippen molar-refractivity contribution >= 4 is 38.6 Å². The van der Waals surface area contributed by atoms with E-state index >= 15 is 0 Å². The Morgan fingerprint density at radius 2 is 2.00 bits per heavy atom. The third-order valence-corrected chi connectivity index (χ3v) is 6.37. The molecule has 0 fully saturated rings. The van der Waals surface area contributed by atoms with Crippen LogP contribution in [-0.2, 0) is 17.0 Å². The number of benzene rings is 2. The Bertz CT molecular complexity index is 1210. The molecule has 2 aromatic heterocycles. The molecule has 0 radical (unpaired) electrons. The summed E-state index contributed by atoms with van der Waals surface area (Å²) in [5, 5.41) is 5.61. The molecule has 8 heteroatoms. The van der Waals surface area contributed by atoms with Gasteiger partial charge < -0.3 is 4.74 Å². The smallest absolute Gasteiger partial charge is 0.262 e. The average Bonchev–Trinajstić information content (AvgIpc) is 3.32. The molecular formula is C23H23BrN4O2S. The van der Waals surface area contributed by atoms with E-state index in [0.717, 1.165) is 33.1 Å². The lowest BCUT2D eigenvalue weighted by Gasteiger charge is -2.13. The van der Waals surface area contributed by atoms with E-state index < -0.39 is 0 Å². The quantitative estimate of drug-likeness (QED) is 0.183. The topological polar surface area (TPSA) is 61.9 Å². The third kappa shape index (κ3) is 5.26. The molecule has 2 aromatic carbocycles. The van der Waals surface area contributed by atoms with E-state index in [4.69, 9.17) is 9.72 Å². The molecule has 31 heavy (non-hydrogen) atoms. The van der Waals surface area contributed by atoms with Crippen LogP contribution in [0.1, 0.15) is 18.9 Å². The van der Waals surface area contributed by atoms with Crippen molar-refractivity contribution in [2.24, 2.45) is 0 Å². The molecule has 0 unspecified atom stereocenters. The van der Waals surface area contributed by atoms with Crippen LogP contribution in [0, 0.1) is 0 Å². The third-order valence-electron chi connectivity index (χ3n) is 4.83. The van der Waals surface area contributed by atoms with Crippen molar-refractivity contribution in [3.8, 4) is 5.69 Å². The van der Waals surface area contributed by atoms with E-state index in [1.54, 1.807) is 22.5 Å². The summed E-state index contributed by atoms with van der Waals surface area (Å²) in [7, 11) is 0. The molecule has 2 heterocycles. The first-order valence-electron chi connectivity index (χ1n) is 10.2. The zero-order valence-electron chi connectivity index (χ0n) is 17.2. The van der Waals surface area contributed by atoms with Crippen LogP contribution >= 0.6 is 27.7 Å². The first kappa shape index (κ1) is 21.8. The summed E-state index contributed by atoms with van der Waals surface area (Å²) in [5.41, 5.74) is 2.87. The number of hydrogen-bond donors (Lipinski definition) is 0. The Hall–Kier alpha value is -2.42. The summed E-state index contributed by atoms with van der Waals surface area (Å²) in [6.45, 7) is 3.85. The van der Waals surface area contributed by atoms with Gasteiger partial charge in [0, 0.05) is 42.4 Å². The molecule has 4 rings (SSSR count). The van der Waals surface area contributed by atoms with Gasteiger partial charge >= 0.3 is 0 Å². The second kappa shape index (κ2) is 10.3. The largest absolute Gasteiger partial charge is 0.382 e. The molecule has 0 bridgehead atoms. The van der Waals surface area contributed by atoms with Gasteiger partial charge in [-0.25, -0.2) is 9.67 Å². The predicted molar refractivity (Wildman–Crippen MR) is 128 cm³/mol. The van der Waals surface area contributed by atoms with Crippen molar-refractivity contribution in [2.75, 3.05) is 13.2 Å². The number of hydrogen-bond acceptors (Lipinski definition) is 5. The van der Waals surface area contributed by atoms with E-state index in [1.807, 2.05) is 54.2 Å². The van der Waals surface area contributed by atoms with E-state index in [1.165, 1.54) is 0 Å². The molecular weight excluding hydrogens is 476 g/mol. The Morgan fingerprint density at radius 3 is 2.74 bits per heavy atom. The summed E-state index contributed by atoms with van der Waals surface area (Å²) in [4.78, 5) is 18.0. The second-order valence-corrected chi connectivity index (χ2v) is 8.83. The minimum absolute atomic E-state index is 0.0145. The molecule has 6 nitrogen and oxygen atoms in total. The Kier molecular flexibility index (Phi) is 7.21. The molecule has 0 aliphatic carbocycles. The highest BCUT2D eigenvalue weighted by Crippen LogP contribution is 2.24. The van der Waals surface area contributed by atoms with Crippen LogP contribution in [0.3, 0.4) is 0 Å². The van der Waals surface area contributed by atoms with Crippen LogP contribution in [0.5, 0.6) is 0 Å². The van der Waals surface area contributed by atoms with Gasteiger partial charge in [-0.3, -0.25) is 9.36 Å². The van der Waals surface area contributed by atoms with Crippen LogP contribution in [0.25, 0.3) is 16.6 Å². The summed E-state index contributed by atoms with van der Waals surface area (Å²) in [6.07, 6.45) is 4.45. The standard InChI is InChI=1S/C23H23BrN4O2S/c1-2-30-14-4-12-27-22(29)20-15-18(24)7-10-21(20)26-23(27)31-16-17-5-8-19(9-6-17)28-13-3-11-25-28/h3,5-11,13,15H,2,4,12,14,16H2,1H3. The van der Waals surface area contributed by atoms with E-state index in [9.17, 15) is 4.79 Å². The summed E-state index contributed by atoms with van der Waals surface area (Å²) < 4.78 is 9.93. The molecule has 0 amide bonds. The first-order chi connectivity index (χ1) is 15.2. The van der Waals surface area contributed by atoms with Gasteiger partial charge in [0.15, 0.2) is 5.16 Å². The zero-order valence-corrected chi connectivity index (χ0v) is 19.6. The van der Waals surface area contributed by atoms with Crippen LogP contribution in [0.2, 0.25) is 0 Å². The summed E-state index contributed by atoms with van der Waals surface area (Å²) >= 11 is 5.03. The van der Waals surface area contributed by atoms with Crippen molar-refractivity contribution in [1.82, 2.24) is 19.3 Å². The van der Waals surface area contributed by atoms with Crippen molar-refractivity contribution in [3.05, 3.63) is 81.3 Å². The van der Waals surface area contributed by atoms with Gasteiger partial charge in [0.05, 0.1) is 16.6 Å². The highest BCUT2D eigenvalue weighted by atomic mass is 79.9. The molecule has 0 spiro atoms. The van der Waals surface area contributed by atoms with Gasteiger partial charge in [-0.05, 0) is 55.3 Å². The lowest BCUT2D eigenvalue weighted by atomic mass is 10.2. The number of aromatic nitrogens is 4. The number of rotatable bonds is 9. The van der Waals surface area contributed by atoms with Crippen molar-refractivity contribution in [3.63, 3.8) is 0 Å². The average molecular weight is 499 g/mol. The molecule has 0 aliphatic rings. The van der Waals surface area contributed by atoms with Crippen LogP contribution in [0.15, 0.2) is 75.3 Å². The number of ether oxygens (including phenoxy) is 1. The molecule has 0 saturated heterocycles. The lowest BCUT2D eigenvalue weighted by molar-refractivity contribution is 0.140. The summed E-state index contributed by atoms with van der Waals surface area (Å²) in [5.74, 6) is 0.722. The van der Waals surface area contributed by atoms with Crippen LogP contribution in [0.4, 0.5) is 0 Å². The predicted octanol–water partition coefficient (Wildman–Crippen LogP) is 5.06. The zero-order chi connectivity index (χ0) is 21.6. The van der Waals surface area contributed by atoms with E-state index in [2.05, 4.69) is 33.2 Å². The van der Waals surface area contributed by atoms with Crippen LogP contribution < -0.4 is 5.56 Å². The number of thioether (sulfide) groups is 1. The van der Waals surface area contributed by atoms with E-state index in [0.29, 0.717) is 30.7 Å². The molecule has 4 aromatic rings. The molecule has 0 N–H and O–H groups in total. The SMILES string of the molecule is CCOCCCn1c(SCc2ccc(-n3cccn3)cc2)nc2ccc(Br)cc2c1=O. The number of fused-ring (bicyclic) bond motifs is 1. The fourth-order valence-corrected chi connectivity index (χ4v) is 4.61. The Morgan fingerprint density at radius 1 is 1.16 bits per heavy atom. The maximum absolute atomic E-state index is 13.2. The van der Waals surface area contributed by atoms with Crippen molar-refractivity contribution < 1.29 is 4.74 Å². The molecule has 0 atom stereocenters. The lowest BCUT2D eigenvalue weighted by Crippen LogP contribution is -2.24. The minimum Gasteiger partial charge on any atom is -0.382 e. The molecule has 0 aliphatic heterocycles. The van der Waals surface area contributed by atoms with Crippen molar-refractivity contribution in [1.29, 1.82) is 0 Å². The monoisotopic (exact) mass is 498 g/mol. The van der Waals surface area contributed by atoms with Gasteiger partial charge in [-0.15, -0.1) is 0 Å². The van der Waals surface area contributed by atoms with Gasteiger partial charge in [0.2, 0.25) is 0 Å². The fraction of sp³-hybridized carbons (Fsp3) is 0.261. The highest BCUT2D eigenvalue weighted by molar-refractivity contribution is 9.10. The normalized spacial score (nSPS) is 11.3. The molecule has 0 saturated carbocycles. The Labute approximate surface area is 193 Å². The highest BCUT2D eigenvalue weighted by Gasteiger charge is 2.12.